The van der Waals surface area contributed by atoms with Crippen LogP contribution in [0.15, 0.2) is 58.7 Å². The molecule has 7 nitrogen and oxygen atoms in total. The molecule has 1 fully saturated rings. The van der Waals surface area contributed by atoms with E-state index in [0.717, 1.165) is 30.2 Å². The highest BCUT2D eigenvalue weighted by Gasteiger charge is 2.36. The monoisotopic (exact) mass is 487 g/mol. The van der Waals surface area contributed by atoms with Gasteiger partial charge in [-0.2, -0.15) is 13.2 Å². The summed E-state index contributed by atoms with van der Waals surface area (Å²) in [5.74, 6) is 0.111. The number of para-hydroxylation sites is 1. The molecular formula is C23H20F3N5O2S. The normalized spacial score (nSPS) is 16.3. The van der Waals surface area contributed by atoms with E-state index in [1.807, 2.05) is 28.8 Å². The van der Waals surface area contributed by atoms with Crippen LogP contribution in [0.4, 0.5) is 13.2 Å². The Labute approximate surface area is 197 Å². The van der Waals surface area contributed by atoms with Gasteiger partial charge in [-0.05, 0) is 54.9 Å². The fourth-order valence-electron chi connectivity index (χ4n) is 3.81. The summed E-state index contributed by atoms with van der Waals surface area (Å²) >= 11 is 1.04. The number of aromatic nitrogens is 5. The molecule has 2 aromatic heterocycles. The van der Waals surface area contributed by atoms with E-state index in [-0.39, 0.29) is 16.6 Å². The van der Waals surface area contributed by atoms with E-state index in [0.29, 0.717) is 35.3 Å². The van der Waals surface area contributed by atoms with Crippen LogP contribution in [0.1, 0.15) is 18.7 Å². The van der Waals surface area contributed by atoms with E-state index in [4.69, 9.17) is 9.47 Å². The van der Waals surface area contributed by atoms with E-state index in [2.05, 4.69) is 20.2 Å². The number of nitrogens with zero attached hydrogens (tertiary/aromatic N) is 5. The van der Waals surface area contributed by atoms with Gasteiger partial charge in [0.1, 0.15) is 10.8 Å². The van der Waals surface area contributed by atoms with Crippen LogP contribution < -0.4 is 4.74 Å². The molecule has 0 aliphatic carbocycles. The Hall–Kier alpha value is -3.18. The first kappa shape index (κ1) is 22.6. The van der Waals surface area contributed by atoms with Gasteiger partial charge in [-0.15, -0.1) is 10.2 Å². The highest BCUT2D eigenvalue weighted by molar-refractivity contribution is 7.99. The molecule has 0 saturated carbocycles. The van der Waals surface area contributed by atoms with Crippen LogP contribution in [-0.2, 0) is 17.5 Å². The zero-order valence-electron chi connectivity index (χ0n) is 18.1. The average Bonchev–Trinajstić information content (AvgIpc) is 3.49. The zero-order chi connectivity index (χ0) is 23.7. The second kappa shape index (κ2) is 9.22. The molecule has 0 bridgehead atoms. The van der Waals surface area contributed by atoms with Crippen LogP contribution >= 0.6 is 11.8 Å². The summed E-state index contributed by atoms with van der Waals surface area (Å²) in [4.78, 5) is 7.54. The standard InChI is InChI=1S/C23H20F3N5O2S/c1-32-15-10-8-14(9-11-15)19-29-30-22(31(19)13-16-5-4-12-33-16)34-20-17-6-2-3-7-18(17)27-21(28-20)23(24,25)26/h2-3,6-11,16H,4-5,12-13H2,1H3/t16-/m0/s1. The number of methoxy groups -OCH3 is 1. The van der Waals surface area contributed by atoms with Crippen LogP contribution in [-0.4, -0.2) is 44.6 Å². The van der Waals surface area contributed by atoms with Crippen LogP contribution in [0.5, 0.6) is 5.75 Å². The lowest BCUT2D eigenvalue weighted by Crippen LogP contribution is -2.17. The van der Waals surface area contributed by atoms with Gasteiger partial charge in [0.2, 0.25) is 5.82 Å². The van der Waals surface area contributed by atoms with Crippen LogP contribution in [0.3, 0.4) is 0 Å². The molecule has 1 atom stereocenters. The molecule has 1 aliphatic heterocycles. The lowest BCUT2D eigenvalue weighted by molar-refractivity contribution is -0.145. The molecule has 3 heterocycles. The quantitative estimate of drug-likeness (QED) is 0.344. The third kappa shape index (κ3) is 4.58. The minimum atomic E-state index is -4.67. The van der Waals surface area contributed by atoms with E-state index >= 15 is 0 Å². The highest BCUT2D eigenvalue weighted by atomic mass is 32.2. The first-order chi connectivity index (χ1) is 16.4. The third-order valence-corrected chi connectivity index (χ3v) is 6.47. The Morgan fingerprint density at radius 1 is 1.09 bits per heavy atom. The molecule has 0 radical (unpaired) electrons. The molecule has 2 aromatic carbocycles. The Bertz CT molecular complexity index is 1300. The molecule has 176 valence electrons. The minimum Gasteiger partial charge on any atom is -0.497 e. The summed E-state index contributed by atoms with van der Waals surface area (Å²) < 4.78 is 53.4. The van der Waals surface area contributed by atoms with Crippen molar-refractivity contribution in [2.24, 2.45) is 0 Å². The van der Waals surface area contributed by atoms with Crippen molar-refractivity contribution in [3.63, 3.8) is 0 Å². The van der Waals surface area contributed by atoms with Crippen molar-refractivity contribution >= 4 is 22.7 Å². The summed E-state index contributed by atoms with van der Waals surface area (Å²) in [6, 6.07) is 14.0. The number of hydrogen-bond donors (Lipinski definition) is 0. The summed E-state index contributed by atoms with van der Waals surface area (Å²) in [5, 5.41) is 9.79. The van der Waals surface area contributed by atoms with Crippen molar-refractivity contribution in [2.45, 2.75) is 41.8 Å². The maximum absolute atomic E-state index is 13.5. The lowest BCUT2D eigenvalue weighted by Gasteiger charge is -2.15. The Kier molecular flexibility index (Phi) is 6.13. The van der Waals surface area contributed by atoms with Crippen molar-refractivity contribution in [3.8, 4) is 17.1 Å². The fraction of sp³-hybridized carbons (Fsp3) is 0.304. The van der Waals surface area contributed by atoms with Gasteiger partial charge in [-0.1, -0.05) is 18.2 Å². The lowest BCUT2D eigenvalue weighted by atomic mass is 10.2. The molecule has 4 aromatic rings. The van der Waals surface area contributed by atoms with Gasteiger partial charge < -0.3 is 9.47 Å². The van der Waals surface area contributed by atoms with Crippen molar-refractivity contribution in [1.82, 2.24) is 24.7 Å². The first-order valence-electron chi connectivity index (χ1n) is 10.6. The fourth-order valence-corrected chi connectivity index (χ4v) is 4.75. The second-order valence-corrected chi connectivity index (χ2v) is 8.71. The topological polar surface area (TPSA) is 75.0 Å². The number of hydrogen-bond acceptors (Lipinski definition) is 7. The molecule has 0 spiro atoms. The molecule has 5 rings (SSSR count). The number of halogens is 3. The van der Waals surface area contributed by atoms with Gasteiger partial charge in [-0.3, -0.25) is 4.57 Å². The zero-order valence-corrected chi connectivity index (χ0v) is 18.9. The maximum atomic E-state index is 13.5. The van der Waals surface area contributed by atoms with Crippen LogP contribution in [0, 0.1) is 0 Å². The Morgan fingerprint density at radius 3 is 2.59 bits per heavy atom. The number of benzene rings is 2. The molecule has 1 aliphatic rings. The van der Waals surface area contributed by atoms with E-state index < -0.39 is 12.0 Å². The van der Waals surface area contributed by atoms with Gasteiger partial charge in [0.05, 0.1) is 25.3 Å². The summed E-state index contributed by atoms with van der Waals surface area (Å²) in [6.45, 7) is 1.16. The highest BCUT2D eigenvalue weighted by Crippen LogP contribution is 2.36. The molecule has 0 N–H and O–H groups in total. The molecule has 1 saturated heterocycles. The predicted octanol–water partition coefficient (Wildman–Crippen LogP) is 5.25. The summed E-state index contributed by atoms with van der Waals surface area (Å²) in [7, 11) is 1.59. The van der Waals surface area contributed by atoms with E-state index in [1.54, 1.807) is 25.3 Å². The second-order valence-electron chi connectivity index (χ2n) is 7.75. The van der Waals surface area contributed by atoms with Crippen molar-refractivity contribution in [3.05, 3.63) is 54.4 Å². The smallest absolute Gasteiger partial charge is 0.451 e. The van der Waals surface area contributed by atoms with Gasteiger partial charge in [-0.25, -0.2) is 9.97 Å². The Balaban J connectivity index is 1.58. The molecule has 0 unspecified atom stereocenters. The van der Waals surface area contributed by atoms with Crippen molar-refractivity contribution in [2.75, 3.05) is 13.7 Å². The van der Waals surface area contributed by atoms with Crippen molar-refractivity contribution in [1.29, 1.82) is 0 Å². The minimum absolute atomic E-state index is 0.0276. The Morgan fingerprint density at radius 2 is 1.88 bits per heavy atom. The molecule has 0 amide bonds. The van der Waals surface area contributed by atoms with Gasteiger partial charge in [0, 0.05) is 17.6 Å². The largest absolute Gasteiger partial charge is 0.497 e. The SMILES string of the molecule is COc1ccc(-c2nnc(Sc3nc(C(F)(F)F)nc4ccccc34)n2C[C@@H]2CCCO2)cc1. The number of fused-ring (bicyclic) bond motifs is 1. The third-order valence-electron chi connectivity index (χ3n) is 5.49. The van der Waals surface area contributed by atoms with Crippen LogP contribution in [0.25, 0.3) is 22.3 Å². The number of alkyl halides is 3. The van der Waals surface area contributed by atoms with Gasteiger partial charge in [0.25, 0.3) is 0 Å². The number of ether oxygens (including phenoxy) is 2. The maximum Gasteiger partial charge on any atom is 0.451 e. The molecule has 11 heteroatoms. The molecular weight excluding hydrogens is 467 g/mol. The predicted molar refractivity (Wildman–Crippen MR) is 120 cm³/mol. The van der Waals surface area contributed by atoms with Gasteiger partial charge >= 0.3 is 6.18 Å². The van der Waals surface area contributed by atoms with E-state index in [9.17, 15) is 13.2 Å². The number of rotatable bonds is 6. The van der Waals surface area contributed by atoms with Crippen molar-refractivity contribution < 1.29 is 22.6 Å². The van der Waals surface area contributed by atoms with E-state index in [1.165, 1.54) is 6.07 Å². The average molecular weight is 488 g/mol. The van der Waals surface area contributed by atoms with Gasteiger partial charge in [0.15, 0.2) is 11.0 Å². The molecule has 34 heavy (non-hydrogen) atoms. The summed E-state index contributed by atoms with van der Waals surface area (Å²) in [6.07, 6.45) is -2.85. The summed E-state index contributed by atoms with van der Waals surface area (Å²) in [5.41, 5.74) is 1.02. The van der Waals surface area contributed by atoms with Crippen LogP contribution in [0.2, 0.25) is 0 Å². The first-order valence-corrected chi connectivity index (χ1v) is 11.4.